The first-order chi connectivity index (χ1) is 8.13. The molecule has 0 aliphatic rings. The van der Waals surface area contributed by atoms with E-state index in [1.165, 1.54) is 30.9 Å². The van der Waals surface area contributed by atoms with Gasteiger partial charge in [0.15, 0.2) is 0 Å². The third-order valence-corrected chi connectivity index (χ3v) is 3.33. The Hall–Kier alpha value is -2.13. The van der Waals surface area contributed by atoms with Crippen LogP contribution < -0.4 is 16.0 Å². The molecule has 9 heteroatoms. The number of anilines is 2. The second-order valence-corrected chi connectivity index (χ2v) is 4.71. The number of hydrazine groups is 1. The molecule has 5 N–H and O–H groups in total. The molecule has 0 saturated heterocycles. The van der Waals surface area contributed by atoms with Gasteiger partial charge in [0.1, 0.15) is 4.90 Å². The highest BCUT2D eigenvalue weighted by atomic mass is 32.2. The Morgan fingerprint density at radius 2 is 2.18 bits per heavy atom. The lowest BCUT2D eigenvalue weighted by molar-refractivity contribution is 0.600. The molecular formula is C8H10N6O2S. The predicted molar refractivity (Wildman–Crippen MR) is 61.4 cm³/mol. The molecule has 0 aliphatic carbocycles. The van der Waals surface area contributed by atoms with Crippen LogP contribution >= 0.6 is 0 Å². The van der Waals surface area contributed by atoms with Crippen molar-refractivity contribution in [3.05, 3.63) is 30.9 Å². The number of aromatic nitrogens is 3. The summed E-state index contributed by atoms with van der Waals surface area (Å²) in [7, 11) is -3.77. The Morgan fingerprint density at radius 3 is 2.82 bits per heavy atom. The summed E-state index contributed by atoms with van der Waals surface area (Å²) in [4.78, 5) is 10.1. The van der Waals surface area contributed by atoms with Gasteiger partial charge in [-0.15, -0.1) is 0 Å². The molecule has 2 aromatic rings. The monoisotopic (exact) mass is 254 g/mol. The van der Waals surface area contributed by atoms with Crippen molar-refractivity contribution >= 4 is 21.7 Å². The zero-order chi connectivity index (χ0) is 12.3. The van der Waals surface area contributed by atoms with Gasteiger partial charge in [0.25, 0.3) is 10.0 Å². The standard InChI is InChI=1S/C8H10N6O2S/c9-13-6-1-2-10-5-7(6)17(15,16)14-8-11-3-4-12-8/h1-5H,9H2,(H,10,13)(H2,11,12,14). The smallest absolute Gasteiger partial charge is 0.267 e. The first-order valence-electron chi connectivity index (χ1n) is 4.56. The van der Waals surface area contributed by atoms with Crippen LogP contribution in [-0.4, -0.2) is 23.4 Å². The van der Waals surface area contributed by atoms with Crippen LogP contribution in [0, 0.1) is 0 Å². The van der Waals surface area contributed by atoms with Gasteiger partial charge in [-0.05, 0) is 6.07 Å². The van der Waals surface area contributed by atoms with Gasteiger partial charge < -0.3 is 10.4 Å². The number of nitrogens with one attached hydrogen (secondary N) is 3. The summed E-state index contributed by atoms with van der Waals surface area (Å²) in [5, 5.41) is 0. The van der Waals surface area contributed by atoms with E-state index in [0.717, 1.165) is 0 Å². The van der Waals surface area contributed by atoms with Crippen molar-refractivity contribution in [2.75, 3.05) is 10.1 Å². The topological polar surface area (TPSA) is 126 Å². The number of imidazole rings is 1. The highest BCUT2D eigenvalue weighted by molar-refractivity contribution is 7.92. The number of nitrogens with two attached hydrogens (primary N) is 1. The molecule has 0 bridgehead atoms. The van der Waals surface area contributed by atoms with Gasteiger partial charge in [0.05, 0.1) is 5.69 Å². The third kappa shape index (κ3) is 2.34. The molecule has 0 amide bonds. The normalized spacial score (nSPS) is 11.1. The van der Waals surface area contributed by atoms with Gasteiger partial charge in [-0.2, -0.15) is 0 Å². The molecule has 0 atom stereocenters. The number of pyridine rings is 1. The molecule has 0 spiro atoms. The maximum absolute atomic E-state index is 12.0. The van der Waals surface area contributed by atoms with Crippen molar-refractivity contribution in [2.24, 2.45) is 5.84 Å². The van der Waals surface area contributed by atoms with E-state index in [-0.39, 0.29) is 16.5 Å². The molecule has 17 heavy (non-hydrogen) atoms. The van der Waals surface area contributed by atoms with Crippen LogP contribution in [0.15, 0.2) is 35.7 Å². The molecule has 0 unspecified atom stereocenters. The maximum Gasteiger partial charge on any atom is 0.267 e. The largest absolute Gasteiger partial charge is 0.330 e. The van der Waals surface area contributed by atoms with Crippen LogP contribution in [0.3, 0.4) is 0 Å². The number of rotatable bonds is 4. The molecule has 2 heterocycles. The minimum absolute atomic E-state index is 0.0566. The van der Waals surface area contributed by atoms with Crippen LogP contribution in [0.5, 0.6) is 0 Å². The number of H-pyrrole nitrogens is 1. The minimum Gasteiger partial charge on any atom is -0.330 e. The van der Waals surface area contributed by atoms with E-state index in [4.69, 9.17) is 5.84 Å². The lowest BCUT2D eigenvalue weighted by Crippen LogP contribution is -2.18. The first-order valence-corrected chi connectivity index (χ1v) is 6.04. The average Bonchev–Trinajstić information content (AvgIpc) is 2.81. The fraction of sp³-hybridized carbons (Fsp3) is 0. The van der Waals surface area contributed by atoms with Gasteiger partial charge in [0.2, 0.25) is 5.95 Å². The fourth-order valence-electron chi connectivity index (χ4n) is 1.22. The Balaban J connectivity index is 2.38. The second kappa shape index (κ2) is 4.39. The van der Waals surface area contributed by atoms with E-state index in [9.17, 15) is 8.42 Å². The summed E-state index contributed by atoms with van der Waals surface area (Å²) < 4.78 is 26.2. The van der Waals surface area contributed by atoms with Gasteiger partial charge in [-0.3, -0.25) is 10.8 Å². The summed E-state index contributed by atoms with van der Waals surface area (Å²) >= 11 is 0. The van der Waals surface area contributed by atoms with E-state index in [1.54, 1.807) is 0 Å². The van der Waals surface area contributed by atoms with Crippen molar-refractivity contribution in [2.45, 2.75) is 4.90 Å². The van der Waals surface area contributed by atoms with Gasteiger partial charge in [-0.1, -0.05) is 0 Å². The number of nitrogens with zero attached hydrogens (tertiary/aromatic N) is 2. The Kier molecular flexibility index (Phi) is 2.93. The number of sulfonamides is 1. The third-order valence-electron chi connectivity index (χ3n) is 1.96. The van der Waals surface area contributed by atoms with Gasteiger partial charge in [0, 0.05) is 24.8 Å². The zero-order valence-electron chi connectivity index (χ0n) is 8.58. The van der Waals surface area contributed by atoms with E-state index >= 15 is 0 Å². The lowest BCUT2D eigenvalue weighted by Gasteiger charge is -2.09. The van der Waals surface area contributed by atoms with E-state index in [0.29, 0.717) is 0 Å². The molecule has 0 aromatic carbocycles. The van der Waals surface area contributed by atoms with Gasteiger partial charge >= 0.3 is 0 Å². The molecule has 0 fully saturated rings. The molecule has 90 valence electrons. The van der Waals surface area contributed by atoms with Gasteiger partial charge in [-0.25, -0.2) is 18.1 Å². The van der Waals surface area contributed by atoms with E-state index in [2.05, 4.69) is 25.1 Å². The van der Waals surface area contributed by atoms with Crippen LogP contribution in [0.4, 0.5) is 11.6 Å². The average molecular weight is 254 g/mol. The fourth-order valence-corrected chi connectivity index (χ4v) is 2.31. The first kappa shape index (κ1) is 11.4. The van der Waals surface area contributed by atoms with Crippen molar-refractivity contribution in [3.8, 4) is 0 Å². The van der Waals surface area contributed by atoms with Crippen molar-refractivity contribution < 1.29 is 8.42 Å². The quantitative estimate of drug-likeness (QED) is 0.445. The predicted octanol–water partition coefficient (Wildman–Crippen LogP) is -0.109. The summed E-state index contributed by atoms with van der Waals surface area (Å²) in [6, 6.07) is 1.46. The zero-order valence-corrected chi connectivity index (χ0v) is 9.40. The van der Waals surface area contributed by atoms with Crippen molar-refractivity contribution in [1.29, 1.82) is 0 Å². The molecule has 0 radical (unpaired) electrons. The molecule has 2 rings (SSSR count). The highest BCUT2D eigenvalue weighted by Gasteiger charge is 2.19. The number of hydrogen-bond donors (Lipinski definition) is 4. The van der Waals surface area contributed by atoms with Crippen LogP contribution in [-0.2, 0) is 10.0 Å². The summed E-state index contributed by atoms with van der Waals surface area (Å²) in [5.74, 6) is 5.35. The van der Waals surface area contributed by atoms with E-state index < -0.39 is 10.0 Å². The Labute approximate surface area is 97.3 Å². The van der Waals surface area contributed by atoms with Crippen LogP contribution in [0.2, 0.25) is 0 Å². The Morgan fingerprint density at radius 1 is 1.35 bits per heavy atom. The SMILES string of the molecule is NNc1ccncc1S(=O)(=O)Nc1ncc[nH]1. The lowest BCUT2D eigenvalue weighted by atomic mass is 10.4. The highest BCUT2D eigenvalue weighted by Crippen LogP contribution is 2.20. The number of hydrogen-bond acceptors (Lipinski definition) is 6. The minimum atomic E-state index is -3.77. The van der Waals surface area contributed by atoms with Crippen molar-refractivity contribution in [3.63, 3.8) is 0 Å². The molecule has 0 aliphatic heterocycles. The van der Waals surface area contributed by atoms with Crippen LogP contribution in [0.1, 0.15) is 0 Å². The summed E-state index contributed by atoms with van der Waals surface area (Å²) in [6.45, 7) is 0. The number of nitrogen functional groups attached to an aromatic ring is 1. The maximum atomic E-state index is 12.0. The second-order valence-electron chi connectivity index (χ2n) is 3.06. The molecule has 2 aromatic heterocycles. The summed E-state index contributed by atoms with van der Waals surface area (Å²) in [5.41, 5.74) is 2.54. The molecule has 8 nitrogen and oxygen atoms in total. The Bertz CT molecular complexity index is 594. The van der Waals surface area contributed by atoms with Crippen LogP contribution in [0.25, 0.3) is 0 Å². The van der Waals surface area contributed by atoms with E-state index in [1.807, 2.05) is 0 Å². The summed E-state index contributed by atoms with van der Waals surface area (Å²) in [6.07, 6.45) is 5.56. The van der Waals surface area contributed by atoms with Crippen molar-refractivity contribution in [1.82, 2.24) is 15.0 Å². The molecule has 0 saturated carbocycles. The molecular weight excluding hydrogens is 244 g/mol. The number of aromatic amines is 1.